The van der Waals surface area contributed by atoms with Crippen LogP contribution in [0.5, 0.6) is 0 Å². The van der Waals surface area contributed by atoms with Gasteiger partial charge in [-0.15, -0.1) is 0 Å². The molecule has 0 aliphatic carbocycles. The van der Waals surface area contributed by atoms with Crippen LogP contribution in [0, 0.1) is 11.3 Å². The first-order valence-corrected chi connectivity index (χ1v) is 11.2. The van der Waals surface area contributed by atoms with Gasteiger partial charge in [-0.2, -0.15) is 0 Å². The molecule has 0 amide bonds. The molecular weight excluding hydrogens is 276 g/mol. The lowest BCUT2D eigenvalue weighted by molar-refractivity contribution is 0.118. The van der Waals surface area contributed by atoms with Gasteiger partial charge < -0.3 is 0 Å². The Morgan fingerprint density at radius 2 is 0.913 bits per heavy atom. The van der Waals surface area contributed by atoms with Crippen LogP contribution in [0.3, 0.4) is 0 Å². The third-order valence-electron chi connectivity index (χ3n) is 6.63. The monoisotopic (exact) mass is 324 g/mol. The smallest absolute Gasteiger partial charge is 0.0277 e. The fraction of sp³-hybridized carbons (Fsp3) is 1.00. The molecule has 0 aromatic carbocycles. The first-order valence-electron chi connectivity index (χ1n) is 11.2. The second-order valence-electron chi connectivity index (χ2n) is 7.85. The molecule has 0 radical (unpaired) electrons. The van der Waals surface area contributed by atoms with Crippen LogP contribution < -0.4 is 0 Å². The third-order valence-corrected chi connectivity index (χ3v) is 6.63. The van der Waals surface area contributed by atoms with E-state index in [4.69, 9.17) is 0 Å². The summed E-state index contributed by atoms with van der Waals surface area (Å²) in [6.07, 6.45) is 23.0. The highest BCUT2D eigenvalue weighted by molar-refractivity contribution is 4.82. The van der Waals surface area contributed by atoms with Crippen LogP contribution in [-0.2, 0) is 0 Å². The average Bonchev–Trinajstić information content (AvgIpc) is 2.59. The SMILES string of the molecule is CCCCCCCCCCCCCC(CC)C(CC)(CC)CC. The molecule has 1 unspecified atom stereocenters. The van der Waals surface area contributed by atoms with E-state index in [1.807, 2.05) is 0 Å². The summed E-state index contributed by atoms with van der Waals surface area (Å²) in [6, 6.07) is 0. The van der Waals surface area contributed by atoms with E-state index in [0.29, 0.717) is 5.41 Å². The van der Waals surface area contributed by atoms with Gasteiger partial charge in [-0.25, -0.2) is 0 Å². The highest BCUT2D eigenvalue weighted by Crippen LogP contribution is 2.43. The Balaban J connectivity index is 3.65. The van der Waals surface area contributed by atoms with Crippen molar-refractivity contribution in [3.8, 4) is 0 Å². The Labute approximate surface area is 149 Å². The molecule has 140 valence electrons. The zero-order valence-electron chi connectivity index (χ0n) is 17.4. The summed E-state index contributed by atoms with van der Waals surface area (Å²) in [5, 5.41) is 0. The predicted molar refractivity (Wildman–Crippen MR) is 108 cm³/mol. The normalized spacial score (nSPS) is 13.4. The molecule has 0 heteroatoms. The Bertz CT molecular complexity index is 218. The Morgan fingerprint density at radius 1 is 0.522 bits per heavy atom. The van der Waals surface area contributed by atoms with Crippen molar-refractivity contribution in [3.05, 3.63) is 0 Å². The lowest BCUT2D eigenvalue weighted by Gasteiger charge is -2.39. The van der Waals surface area contributed by atoms with Gasteiger partial charge in [0.05, 0.1) is 0 Å². The van der Waals surface area contributed by atoms with Crippen molar-refractivity contribution in [2.75, 3.05) is 0 Å². The van der Waals surface area contributed by atoms with Gasteiger partial charge in [0.25, 0.3) is 0 Å². The molecule has 0 N–H and O–H groups in total. The highest BCUT2D eigenvalue weighted by Gasteiger charge is 2.31. The summed E-state index contributed by atoms with van der Waals surface area (Å²) in [7, 11) is 0. The van der Waals surface area contributed by atoms with E-state index in [2.05, 4.69) is 34.6 Å². The molecule has 0 heterocycles. The van der Waals surface area contributed by atoms with Gasteiger partial charge >= 0.3 is 0 Å². The Hall–Kier alpha value is 0. The van der Waals surface area contributed by atoms with Crippen molar-refractivity contribution >= 4 is 0 Å². The van der Waals surface area contributed by atoms with Crippen LogP contribution >= 0.6 is 0 Å². The Morgan fingerprint density at radius 3 is 1.26 bits per heavy atom. The van der Waals surface area contributed by atoms with E-state index < -0.39 is 0 Å². The van der Waals surface area contributed by atoms with E-state index in [1.54, 1.807) is 0 Å². The molecule has 0 saturated heterocycles. The molecule has 1 atom stereocenters. The van der Waals surface area contributed by atoms with Gasteiger partial charge in [0.15, 0.2) is 0 Å². The first kappa shape index (κ1) is 23.0. The van der Waals surface area contributed by atoms with E-state index in [9.17, 15) is 0 Å². The largest absolute Gasteiger partial charge is 0.0654 e. The van der Waals surface area contributed by atoms with E-state index in [0.717, 1.165) is 5.92 Å². The zero-order valence-corrected chi connectivity index (χ0v) is 17.4. The molecule has 0 spiro atoms. The maximum absolute atomic E-state index is 2.42. The van der Waals surface area contributed by atoms with E-state index in [1.165, 1.54) is 103 Å². The van der Waals surface area contributed by atoms with Gasteiger partial charge in [0, 0.05) is 0 Å². The average molecular weight is 325 g/mol. The number of unbranched alkanes of at least 4 members (excludes halogenated alkanes) is 10. The summed E-state index contributed by atoms with van der Waals surface area (Å²) in [6.45, 7) is 12.0. The van der Waals surface area contributed by atoms with Gasteiger partial charge in [-0.1, -0.05) is 131 Å². The van der Waals surface area contributed by atoms with Crippen molar-refractivity contribution in [2.24, 2.45) is 11.3 Å². The van der Waals surface area contributed by atoms with Gasteiger partial charge in [-0.3, -0.25) is 0 Å². The minimum absolute atomic E-state index is 0.632. The Kier molecular flexibility index (Phi) is 15.5. The first-order chi connectivity index (χ1) is 11.2. The molecule has 0 aliphatic rings. The van der Waals surface area contributed by atoms with Crippen LogP contribution in [0.4, 0.5) is 0 Å². The van der Waals surface area contributed by atoms with Gasteiger partial charge in [-0.05, 0) is 17.8 Å². The second kappa shape index (κ2) is 15.5. The number of hydrogen-bond acceptors (Lipinski definition) is 0. The molecule has 0 aliphatic heterocycles. The minimum atomic E-state index is 0.632. The van der Waals surface area contributed by atoms with Crippen LogP contribution in [0.25, 0.3) is 0 Å². The third kappa shape index (κ3) is 9.78. The van der Waals surface area contributed by atoms with Crippen molar-refractivity contribution in [1.29, 1.82) is 0 Å². The molecular formula is C23H48. The van der Waals surface area contributed by atoms with Crippen molar-refractivity contribution < 1.29 is 0 Å². The fourth-order valence-corrected chi connectivity index (χ4v) is 4.61. The van der Waals surface area contributed by atoms with Gasteiger partial charge in [0.2, 0.25) is 0 Å². The fourth-order valence-electron chi connectivity index (χ4n) is 4.61. The molecule has 0 saturated carbocycles. The highest BCUT2D eigenvalue weighted by atomic mass is 14.4. The molecule has 0 nitrogen and oxygen atoms in total. The summed E-state index contributed by atoms with van der Waals surface area (Å²) >= 11 is 0. The molecule has 0 bridgehead atoms. The van der Waals surface area contributed by atoms with E-state index in [-0.39, 0.29) is 0 Å². The summed E-state index contributed by atoms with van der Waals surface area (Å²) in [5.41, 5.74) is 0.632. The number of rotatable bonds is 17. The van der Waals surface area contributed by atoms with Crippen LogP contribution in [-0.4, -0.2) is 0 Å². The molecule has 0 aromatic rings. The van der Waals surface area contributed by atoms with Crippen LogP contribution in [0.15, 0.2) is 0 Å². The lowest BCUT2D eigenvalue weighted by atomic mass is 9.66. The van der Waals surface area contributed by atoms with Gasteiger partial charge in [0.1, 0.15) is 0 Å². The van der Waals surface area contributed by atoms with E-state index >= 15 is 0 Å². The maximum Gasteiger partial charge on any atom is -0.0277 e. The summed E-state index contributed by atoms with van der Waals surface area (Å²) in [4.78, 5) is 0. The quantitative estimate of drug-likeness (QED) is 0.234. The van der Waals surface area contributed by atoms with Crippen molar-refractivity contribution in [1.82, 2.24) is 0 Å². The molecule has 23 heavy (non-hydrogen) atoms. The van der Waals surface area contributed by atoms with Crippen molar-refractivity contribution in [2.45, 2.75) is 137 Å². The van der Waals surface area contributed by atoms with Crippen LogP contribution in [0.2, 0.25) is 0 Å². The number of hydrogen-bond donors (Lipinski definition) is 0. The molecule has 0 fully saturated rings. The van der Waals surface area contributed by atoms with Crippen molar-refractivity contribution in [3.63, 3.8) is 0 Å². The zero-order chi connectivity index (χ0) is 17.4. The molecule has 0 aromatic heterocycles. The van der Waals surface area contributed by atoms with Crippen LogP contribution in [0.1, 0.15) is 137 Å². The standard InChI is InChI=1S/C23H48/c1-6-11-12-13-14-15-16-17-18-19-20-21-22(7-2)23(8-3,9-4)10-5/h22H,6-21H2,1-5H3. The lowest BCUT2D eigenvalue weighted by Crippen LogP contribution is -2.28. The topological polar surface area (TPSA) is 0 Å². The molecule has 0 rings (SSSR count). The summed E-state index contributed by atoms with van der Waals surface area (Å²) in [5.74, 6) is 0.959. The minimum Gasteiger partial charge on any atom is -0.0654 e. The predicted octanol–water partition coefficient (Wildman–Crippen LogP) is 8.93. The second-order valence-corrected chi connectivity index (χ2v) is 7.85. The maximum atomic E-state index is 2.42. The summed E-state index contributed by atoms with van der Waals surface area (Å²) < 4.78 is 0.